The van der Waals surface area contributed by atoms with E-state index in [9.17, 15) is 4.79 Å². The number of carbonyl (C=O) groups excluding carboxylic acids is 1. The molecule has 1 amide bonds. The number of amides is 1. The van der Waals surface area contributed by atoms with Gasteiger partial charge in [0, 0.05) is 16.3 Å². The van der Waals surface area contributed by atoms with E-state index in [4.69, 9.17) is 11.6 Å². The first-order valence-corrected chi connectivity index (χ1v) is 11.7. The van der Waals surface area contributed by atoms with E-state index in [1.807, 2.05) is 91.2 Å². The minimum Gasteiger partial charge on any atom is -0.272 e. The van der Waals surface area contributed by atoms with E-state index in [1.165, 1.54) is 11.8 Å². The summed E-state index contributed by atoms with van der Waals surface area (Å²) in [6, 6.07) is 23.4. The highest BCUT2D eigenvalue weighted by atomic mass is 35.5. The zero-order valence-electron chi connectivity index (χ0n) is 18.2. The molecule has 0 fully saturated rings. The molecule has 4 aromatic rings. The number of nitrogens with zero attached hydrogens (tertiary/aromatic N) is 4. The average molecular weight is 476 g/mol. The lowest BCUT2D eigenvalue weighted by molar-refractivity contribution is -0.118. The van der Waals surface area contributed by atoms with E-state index in [-0.39, 0.29) is 11.7 Å². The van der Waals surface area contributed by atoms with Crippen LogP contribution in [-0.4, -0.2) is 32.6 Å². The highest BCUT2D eigenvalue weighted by molar-refractivity contribution is 7.99. The van der Waals surface area contributed by atoms with Crippen molar-refractivity contribution in [2.24, 2.45) is 5.10 Å². The summed E-state index contributed by atoms with van der Waals surface area (Å²) in [6.07, 6.45) is 1.64. The van der Waals surface area contributed by atoms with Crippen LogP contribution < -0.4 is 5.43 Å². The summed E-state index contributed by atoms with van der Waals surface area (Å²) in [4.78, 5) is 12.4. The van der Waals surface area contributed by atoms with Gasteiger partial charge in [-0.25, -0.2) is 5.43 Å². The maximum Gasteiger partial charge on any atom is 0.250 e. The minimum atomic E-state index is -0.226. The predicted molar refractivity (Wildman–Crippen MR) is 134 cm³/mol. The number of hydrogen-bond acceptors (Lipinski definition) is 5. The molecule has 0 aliphatic heterocycles. The van der Waals surface area contributed by atoms with Gasteiger partial charge in [0.1, 0.15) is 0 Å². The van der Waals surface area contributed by atoms with Crippen molar-refractivity contribution in [1.29, 1.82) is 0 Å². The quantitative estimate of drug-likeness (QED) is 0.219. The number of aromatic nitrogens is 3. The summed E-state index contributed by atoms with van der Waals surface area (Å²) < 4.78 is 1.94. The lowest BCUT2D eigenvalue weighted by Gasteiger charge is -2.10. The third-order valence-electron chi connectivity index (χ3n) is 4.94. The van der Waals surface area contributed by atoms with Crippen LogP contribution in [-0.2, 0) is 4.79 Å². The monoisotopic (exact) mass is 475 g/mol. The van der Waals surface area contributed by atoms with E-state index < -0.39 is 0 Å². The van der Waals surface area contributed by atoms with Crippen LogP contribution in [0.15, 0.2) is 83.1 Å². The molecule has 0 aliphatic carbocycles. The standard InChI is InChI=1S/C25H22ClN5OS/c1-17-7-13-22(14-8-17)31-24(19-9-11-21(26)12-10-19)29-30-25(31)33-16-23(32)28-27-15-20-6-4-3-5-18(20)2/h3-15H,16H2,1-2H3,(H,28,32)/b27-15-. The first-order valence-electron chi connectivity index (χ1n) is 10.3. The molecule has 0 bridgehead atoms. The summed E-state index contributed by atoms with van der Waals surface area (Å²) in [5, 5.41) is 14.1. The number of hydrogen-bond donors (Lipinski definition) is 1. The van der Waals surface area contributed by atoms with Crippen LogP contribution in [0.25, 0.3) is 17.1 Å². The summed E-state index contributed by atoms with van der Waals surface area (Å²) in [6.45, 7) is 4.03. The van der Waals surface area contributed by atoms with Crippen LogP contribution in [0, 0.1) is 13.8 Å². The Morgan fingerprint density at radius 2 is 1.76 bits per heavy atom. The number of carbonyl (C=O) groups is 1. The summed E-state index contributed by atoms with van der Waals surface area (Å²) in [7, 11) is 0. The Morgan fingerprint density at radius 1 is 1.03 bits per heavy atom. The Hall–Kier alpha value is -3.42. The van der Waals surface area contributed by atoms with Crippen molar-refractivity contribution in [3.63, 3.8) is 0 Å². The molecule has 1 aromatic heterocycles. The van der Waals surface area contributed by atoms with Crippen molar-refractivity contribution in [1.82, 2.24) is 20.2 Å². The molecule has 0 atom stereocenters. The van der Waals surface area contributed by atoms with E-state index in [2.05, 4.69) is 20.7 Å². The number of hydrazone groups is 1. The molecule has 8 heteroatoms. The molecular formula is C25H22ClN5OS. The van der Waals surface area contributed by atoms with Crippen molar-refractivity contribution < 1.29 is 4.79 Å². The number of halogens is 1. The van der Waals surface area contributed by atoms with Crippen LogP contribution in [0.2, 0.25) is 5.02 Å². The van der Waals surface area contributed by atoms with Gasteiger partial charge in [-0.1, -0.05) is 65.3 Å². The normalized spacial score (nSPS) is 11.1. The number of benzene rings is 3. The topological polar surface area (TPSA) is 72.2 Å². The van der Waals surface area contributed by atoms with Crippen LogP contribution in [0.4, 0.5) is 0 Å². The van der Waals surface area contributed by atoms with Gasteiger partial charge < -0.3 is 0 Å². The van der Waals surface area contributed by atoms with Crippen LogP contribution in [0.1, 0.15) is 16.7 Å². The average Bonchev–Trinajstić information content (AvgIpc) is 3.24. The molecule has 1 heterocycles. The maximum absolute atomic E-state index is 12.4. The zero-order chi connectivity index (χ0) is 23.2. The molecule has 4 rings (SSSR count). The molecule has 0 radical (unpaired) electrons. The molecule has 0 saturated heterocycles. The largest absolute Gasteiger partial charge is 0.272 e. The number of thioether (sulfide) groups is 1. The Labute approximate surface area is 201 Å². The van der Waals surface area contributed by atoms with Gasteiger partial charge in [-0.2, -0.15) is 5.10 Å². The van der Waals surface area contributed by atoms with E-state index in [0.717, 1.165) is 27.9 Å². The first-order chi connectivity index (χ1) is 16.0. The van der Waals surface area contributed by atoms with Crippen LogP contribution in [0.5, 0.6) is 0 Å². The molecule has 3 aromatic carbocycles. The Balaban J connectivity index is 1.52. The van der Waals surface area contributed by atoms with Crippen molar-refractivity contribution in [3.8, 4) is 17.1 Å². The Morgan fingerprint density at radius 3 is 2.48 bits per heavy atom. The fraction of sp³-hybridized carbons (Fsp3) is 0.120. The summed E-state index contributed by atoms with van der Waals surface area (Å²) in [5.74, 6) is 0.600. The van der Waals surface area contributed by atoms with Gasteiger partial charge in [-0.05, 0) is 61.4 Å². The Kier molecular flexibility index (Phi) is 7.22. The fourth-order valence-electron chi connectivity index (χ4n) is 3.14. The van der Waals surface area contributed by atoms with Gasteiger partial charge in [0.05, 0.1) is 12.0 Å². The van der Waals surface area contributed by atoms with Gasteiger partial charge in [0.25, 0.3) is 5.91 Å². The van der Waals surface area contributed by atoms with Crippen LogP contribution >= 0.6 is 23.4 Å². The second kappa shape index (κ2) is 10.5. The van der Waals surface area contributed by atoms with E-state index in [1.54, 1.807) is 6.21 Å². The minimum absolute atomic E-state index is 0.149. The number of rotatable bonds is 7. The number of aryl methyl sites for hydroxylation is 2. The van der Waals surface area contributed by atoms with Crippen LogP contribution in [0.3, 0.4) is 0 Å². The highest BCUT2D eigenvalue weighted by Crippen LogP contribution is 2.28. The van der Waals surface area contributed by atoms with Gasteiger partial charge in [-0.3, -0.25) is 9.36 Å². The Bertz CT molecular complexity index is 1280. The lowest BCUT2D eigenvalue weighted by atomic mass is 10.1. The van der Waals surface area contributed by atoms with Crippen molar-refractivity contribution in [3.05, 3.63) is 94.5 Å². The first kappa shape index (κ1) is 22.8. The van der Waals surface area contributed by atoms with Gasteiger partial charge in [0.2, 0.25) is 0 Å². The molecule has 0 unspecified atom stereocenters. The summed E-state index contributed by atoms with van der Waals surface area (Å²) in [5.41, 5.74) is 7.57. The predicted octanol–water partition coefficient (Wildman–Crippen LogP) is 5.45. The van der Waals surface area contributed by atoms with Crippen molar-refractivity contribution in [2.75, 3.05) is 5.75 Å². The molecular weight excluding hydrogens is 454 g/mol. The maximum atomic E-state index is 12.4. The smallest absolute Gasteiger partial charge is 0.250 e. The summed E-state index contributed by atoms with van der Waals surface area (Å²) >= 11 is 7.35. The second-order valence-electron chi connectivity index (χ2n) is 7.42. The molecule has 6 nitrogen and oxygen atoms in total. The molecule has 166 valence electrons. The van der Waals surface area contributed by atoms with Gasteiger partial charge in [-0.15, -0.1) is 10.2 Å². The van der Waals surface area contributed by atoms with Gasteiger partial charge >= 0.3 is 0 Å². The van der Waals surface area contributed by atoms with Gasteiger partial charge in [0.15, 0.2) is 11.0 Å². The van der Waals surface area contributed by atoms with E-state index >= 15 is 0 Å². The van der Waals surface area contributed by atoms with Crippen molar-refractivity contribution in [2.45, 2.75) is 19.0 Å². The molecule has 0 aliphatic rings. The van der Waals surface area contributed by atoms with Crippen molar-refractivity contribution >= 4 is 35.5 Å². The van der Waals surface area contributed by atoms with E-state index in [0.29, 0.717) is 16.0 Å². The number of nitrogens with one attached hydrogen (secondary N) is 1. The second-order valence-corrected chi connectivity index (χ2v) is 8.80. The molecule has 1 N–H and O–H groups in total. The molecule has 0 saturated carbocycles. The zero-order valence-corrected chi connectivity index (χ0v) is 19.8. The fourth-order valence-corrected chi connectivity index (χ4v) is 4.01. The SMILES string of the molecule is Cc1ccc(-n2c(SCC(=O)N/N=C\c3ccccc3C)nnc2-c2ccc(Cl)cc2)cc1. The highest BCUT2D eigenvalue weighted by Gasteiger charge is 2.17. The third kappa shape index (κ3) is 5.69. The third-order valence-corrected chi connectivity index (χ3v) is 6.12. The molecule has 0 spiro atoms. The molecule has 33 heavy (non-hydrogen) atoms. The lowest BCUT2D eigenvalue weighted by Crippen LogP contribution is -2.20.